The predicted octanol–water partition coefficient (Wildman–Crippen LogP) is 1.05. The van der Waals surface area contributed by atoms with Gasteiger partial charge < -0.3 is 64.1 Å². The molecule has 1 heterocycles. The second-order valence-corrected chi connectivity index (χ2v) is 20.1. The van der Waals surface area contributed by atoms with E-state index in [1.165, 1.54) is 13.8 Å². The molecule has 0 saturated heterocycles. The van der Waals surface area contributed by atoms with Crippen LogP contribution in [-0.2, 0) is 60.8 Å². The van der Waals surface area contributed by atoms with Crippen molar-refractivity contribution in [1.29, 1.82) is 0 Å². The number of carbonyl (C=O) groups excluding carboxylic acids is 9. The molecule has 2 aromatic carbocycles. The lowest BCUT2D eigenvalue weighted by atomic mass is 9.96. The molecule has 14 N–H and O–H groups in total. The zero-order valence-electron chi connectivity index (χ0n) is 45.0. The number of hydrogen-bond acceptors (Lipinski definition) is 12. The van der Waals surface area contributed by atoms with Gasteiger partial charge in [-0.3, -0.25) is 47.9 Å². The number of fused-ring (bicyclic) bond motifs is 1. The highest BCUT2D eigenvalue weighted by atomic mass is 16.4. The Morgan fingerprint density at radius 3 is 1.74 bits per heavy atom. The van der Waals surface area contributed by atoms with Crippen LogP contribution in [0.5, 0.6) is 0 Å². The molecule has 10 atom stereocenters. The van der Waals surface area contributed by atoms with Crippen LogP contribution < -0.4 is 54.0 Å². The Morgan fingerprint density at radius 1 is 0.605 bits per heavy atom. The van der Waals surface area contributed by atoms with Crippen molar-refractivity contribution in [3.8, 4) is 0 Å². The Hall–Kier alpha value is -7.20. The number of carbonyl (C=O) groups is 9. The Bertz CT molecular complexity index is 2430. The van der Waals surface area contributed by atoms with Gasteiger partial charge in [-0.15, -0.1) is 0 Å². The molecule has 0 spiro atoms. The van der Waals surface area contributed by atoms with Crippen LogP contribution in [-0.4, -0.2) is 131 Å². The number of rotatable bonds is 33. The third-order valence-corrected chi connectivity index (χ3v) is 12.9. The molecular weight excluding hydrogens is 979 g/mol. The molecular formula is C54H80N11O11. The summed E-state index contributed by atoms with van der Waals surface area (Å²) >= 11 is 0. The van der Waals surface area contributed by atoms with Crippen molar-refractivity contribution in [3.05, 3.63) is 71.9 Å². The highest BCUT2D eigenvalue weighted by Crippen LogP contribution is 2.20. The molecule has 417 valence electrons. The van der Waals surface area contributed by atoms with Crippen molar-refractivity contribution in [3.63, 3.8) is 0 Å². The van der Waals surface area contributed by atoms with Crippen molar-refractivity contribution < 1.29 is 53.1 Å². The van der Waals surface area contributed by atoms with Crippen LogP contribution in [0.2, 0.25) is 0 Å². The standard InChI is InChI=1S/C54H80N11O11/c1-9-32(6)46(65-53(75)42(26-35-17-11-10-12-18-35)63-50(72)40(22-23-45(67)68)60-49(71)39(21-15-16-24-55)59-47(69)33(7)56)54(76)58-34(8)48(70)61-43(27-36-28-57-38-20-14-13-19-37(36)38)52(74)62-41(25-30(2)3)51(73)64-44(29-66)31(4)5/h10-14,17-20,28,30-34,39-44,46,57H,9,15-16,21-27,55-56H2,1-8H3,(H,58,76)(H,59,69)(H,60,71)(H,61,70)(H,62,74)(H,63,72)(H,64,73)(H,65,75)(H,67,68)/t32-,33-,34-,39-,40-,41-,42-,43-,44+,46-/m0/s1. The number of hydrogen-bond donors (Lipinski definition) is 12. The van der Waals surface area contributed by atoms with Gasteiger partial charge in [0.25, 0.3) is 0 Å². The number of unbranched alkanes of at least 4 members (excludes halogenated alkanes) is 1. The van der Waals surface area contributed by atoms with Gasteiger partial charge >= 0.3 is 5.97 Å². The molecule has 1 radical (unpaired) electrons. The fraction of sp³-hybridized carbons (Fsp3) is 0.556. The normalized spacial score (nSPS) is 15.3. The van der Waals surface area contributed by atoms with E-state index < -0.39 is 126 Å². The van der Waals surface area contributed by atoms with Crippen molar-refractivity contribution in [2.75, 3.05) is 6.54 Å². The summed E-state index contributed by atoms with van der Waals surface area (Å²) in [5, 5.41) is 31.7. The van der Waals surface area contributed by atoms with E-state index in [4.69, 9.17) is 11.5 Å². The SMILES string of the molecule is CC[C@H](C)[C@H](NC(=O)[C@H](Cc1ccccc1)NC(=O)[C@H](CCC(=O)O)NC(=O)[C@H](CCCCN)NC(=O)[C@H](C)N)C(=O)N[C@@H](C)C(=O)N[C@@H](Cc1c[nH]c2ccccc12)C(=O)N[C@@H](CC(C)C)C(=O)N[C@H]([C]=O)C(C)C. The average molecular weight is 1060 g/mol. The number of nitrogens with two attached hydrogens (primary N) is 2. The lowest BCUT2D eigenvalue weighted by Crippen LogP contribution is -2.61. The molecule has 0 aliphatic rings. The maximum absolute atomic E-state index is 14.4. The van der Waals surface area contributed by atoms with E-state index in [0.29, 0.717) is 36.9 Å². The van der Waals surface area contributed by atoms with Gasteiger partial charge in [0.05, 0.1) is 12.1 Å². The number of aromatic nitrogens is 1. The maximum Gasteiger partial charge on any atom is 0.303 e. The van der Waals surface area contributed by atoms with Gasteiger partial charge in [0.1, 0.15) is 42.3 Å². The van der Waals surface area contributed by atoms with Crippen LogP contribution in [0, 0.1) is 17.8 Å². The Balaban J connectivity index is 1.91. The quantitative estimate of drug-likeness (QED) is 0.0380. The lowest BCUT2D eigenvalue weighted by molar-refractivity contribution is -0.138. The van der Waals surface area contributed by atoms with E-state index in [1.807, 2.05) is 44.4 Å². The van der Waals surface area contributed by atoms with Crippen LogP contribution in [0.4, 0.5) is 0 Å². The third-order valence-electron chi connectivity index (χ3n) is 12.9. The molecule has 8 amide bonds. The summed E-state index contributed by atoms with van der Waals surface area (Å²) in [6.07, 6.45) is 4.11. The summed E-state index contributed by atoms with van der Waals surface area (Å²) in [6.45, 7) is 13.8. The molecule has 0 bridgehead atoms. The lowest BCUT2D eigenvalue weighted by Gasteiger charge is -2.29. The molecule has 0 unspecified atom stereocenters. The molecule has 76 heavy (non-hydrogen) atoms. The fourth-order valence-electron chi connectivity index (χ4n) is 8.12. The zero-order chi connectivity index (χ0) is 56.6. The van der Waals surface area contributed by atoms with Crippen molar-refractivity contribution >= 4 is 70.4 Å². The van der Waals surface area contributed by atoms with E-state index >= 15 is 0 Å². The van der Waals surface area contributed by atoms with Gasteiger partial charge in [-0.25, -0.2) is 0 Å². The van der Waals surface area contributed by atoms with Gasteiger partial charge in [0.15, 0.2) is 0 Å². The second-order valence-electron chi connectivity index (χ2n) is 20.1. The minimum absolute atomic E-state index is 0.0323. The first-order valence-corrected chi connectivity index (χ1v) is 26.1. The van der Waals surface area contributed by atoms with Crippen LogP contribution in [0.3, 0.4) is 0 Å². The summed E-state index contributed by atoms with van der Waals surface area (Å²) in [7, 11) is 0. The van der Waals surface area contributed by atoms with Gasteiger partial charge in [-0.05, 0) is 87.4 Å². The number of amides is 8. The second kappa shape index (κ2) is 31.6. The first-order valence-electron chi connectivity index (χ1n) is 26.1. The van der Waals surface area contributed by atoms with E-state index in [2.05, 4.69) is 47.5 Å². The summed E-state index contributed by atoms with van der Waals surface area (Å²) < 4.78 is 0. The molecule has 0 fully saturated rings. The average Bonchev–Trinajstić information content (AvgIpc) is 3.79. The summed E-state index contributed by atoms with van der Waals surface area (Å²) in [5.41, 5.74) is 13.4. The van der Waals surface area contributed by atoms with E-state index in [9.17, 15) is 53.1 Å². The van der Waals surface area contributed by atoms with E-state index in [1.54, 1.807) is 64.2 Å². The van der Waals surface area contributed by atoms with Gasteiger partial charge in [-0.1, -0.05) is 96.5 Å². The van der Waals surface area contributed by atoms with Gasteiger partial charge in [0.2, 0.25) is 53.5 Å². The number of H-pyrrole nitrogens is 1. The summed E-state index contributed by atoms with van der Waals surface area (Å²) in [5.74, 6) is -8.15. The number of benzene rings is 2. The topological polar surface area (TPSA) is 355 Å². The number of aliphatic carboxylic acids is 1. The minimum Gasteiger partial charge on any atom is -0.481 e. The van der Waals surface area contributed by atoms with E-state index in [0.717, 1.165) is 10.9 Å². The molecule has 0 aliphatic carbocycles. The van der Waals surface area contributed by atoms with Crippen LogP contribution in [0.15, 0.2) is 60.8 Å². The smallest absolute Gasteiger partial charge is 0.303 e. The summed E-state index contributed by atoms with van der Waals surface area (Å²) in [4.78, 5) is 138. The van der Waals surface area contributed by atoms with E-state index in [-0.39, 0.29) is 37.5 Å². The largest absolute Gasteiger partial charge is 0.481 e. The predicted molar refractivity (Wildman–Crippen MR) is 286 cm³/mol. The highest BCUT2D eigenvalue weighted by molar-refractivity contribution is 5.98. The number of carboxylic acid groups (broad SMARTS) is 1. The molecule has 1 aromatic heterocycles. The fourth-order valence-corrected chi connectivity index (χ4v) is 8.12. The Labute approximate surface area is 444 Å². The molecule has 0 aliphatic heterocycles. The Morgan fingerprint density at radius 2 is 1.14 bits per heavy atom. The number of carboxylic acids is 1. The Kier molecular flexibility index (Phi) is 26.3. The summed E-state index contributed by atoms with van der Waals surface area (Å²) in [6, 6.07) is 5.09. The first kappa shape index (κ1) is 63.1. The number of nitrogens with one attached hydrogen (secondary N) is 9. The van der Waals surface area contributed by atoms with Gasteiger partial charge in [0, 0.05) is 36.4 Å². The number of aromatic amines is 1. The van der Waals surface area contributed by atoms with Crippen LogP contribution in [0.1, 0.15) is 111 Å². The van der Waals surface area contributed by atoms with Crippen molar-refractivity contribution in [1.82, 2.24) is 47.5 Å². The minimum atomic E-state index is -1.50. The highest BCUT2D eigenvalue weighted by Gasteiger charge is 2.36. The van der Waals surface area contributed by atoms with Crippen LogP contribution >= 0.6 is 0 Å². The maximum atomic E-state index is 14.4. The molecule has 22 nitrogen and oxygen atoms in total. The van der Waals surface area contributed by atoms with Crippen LogP contribution in [0.25, 0.3) is 10.9 Å². The molecule has 22 heteroatoms. The third kappa shape index (κ3) is 20.5. The molecule has 3 aromatic rings. The number of para-hydroxylation sites is 1. The monoisotopic (exact) mass is 1060 g/mol. The zero-order valence-corrected chi connectivity index (χ0v) is 45.0. The van der Waals surface area contributed by atoms with Crippen molar-refractivity contribution in [2.45, 2.75) is 168 Å². The molecule has 0 saturated carbocycles. The van der Waals surface area contributed by atoms with Gasteiger partial charge in [-0.2, -0.15) is 0 Å². The first-order chi connectivity index (χ1) is 36.0. The van der Waals surface area contributed by atoms with Crippen molar-refractivity contribution in [2.24, 2.45) is 29.2 Å². The molecule has 3 rings (SSSR count).